The van der Waals surface area contributed by atoms with Crippen LogP contribution in [-0.4, -0.2) is 47.8 Å². The van der Waals surface area contributed by atoms with Gasteiger partial charge < -0.3 is 4.90 Å². The summed E-state index contributed by atoms with van der Waals surface area (Å²) in [5, 5.41) is 0. The highest BCUT2D eigenvalue weighted by Gasteiger charge is 2.28. The number of piperidine rings is 1. The van der Waals surface area contributed by atoms with Crippen molar-refractivity contribution in [1.29, 1.82) is 0 Å². The van der Waals surface area contributed by atoms with Crippen molar-refractivity contribution < 1.29 is 9.59 Å². The second-order valence-electron chi connectivity index (χ2n) is 3.99. The Morgan fingerprint density at radius 1 is 1.19 bits per heavy atom. The monoisotopic (exact) mass is 222 g/mol. The fourth-order valence-corrected chi connectivity index (χ4v) is 1.92. The van der Waals surface area contributed by atoms with E-state index in [-0.39, 0.29) is 17.9 Å². The zero-order chi connectivity index (χ0) is 12.1. The largest absolute Gasteiger partial charge is 0.306 e. The van der Waals surface area contributed by atoms with Gasteiger partial charge in [-0.2, -0.15) is 0 Å². The summed E-state index contributed by atoms with van der Waals surface area (Å²) >= 11 is 0. The van der Waals surface area contributed by atoms with E-state index in [1.807, 2.05) is 7.05 Å². The van der Waals surface area contributed by atoms with Gasteiger partial charge in [0.05, 0.1) is 0 Å². The summed E-state index contributed by atoms with van der Waals surface area (Å²) in [5.41, 5.74) is 0. The molecule has 0 saturated carbocycles. The van der Waals surface area contributed by atoms with Crippen LogP contribution in [0.25, 0.3) is 0 Å². The Kier molecular flexibility index (Phi) is 4.43. The first-order valence-electron chi connectivity index (χ1n) is 5.40. The Hall–Kier alpha value is -1.42. The maximum Gasteiger partial charge on any atom is 0.253 e. The zero-order valence-electron chi connectivity index (χ0n) is 9.69. The highest BCUT2D eigenvalue weighted by Crippen LogP contribution is 2.16. The Bertz CT molecular complexity index is 284. The van der Waals surface area contributed by atoms with E-state index in [9.17, 15) is 9.59 Å². The number of nitrogens with zero attached hydrogens (tertiary/aromatic N) is 2. The standard InChI is InChI=1S/C12H18N2O2/c1-4-11(15)14(12(16)5-2)10-6-8-13(3)9-7-10/h4-5,10H,1-2,6-9H2,3H3. The van der Waals surface area contributed by atoms with Crippen molar-refractivity contribution >= 4 is 11.8 Å². The molecule has 4 heteroatoms. The van der Waals surface area contributed by atoms with Gasteiger partial charge in [-0.25, -0.2) is 0 Å². The van der Waals surface area contributed by atoms with Crippen LogP contribution in [0.2, 0.25) is 0 Å². The third-order valence-electron chi connectivity index (χ3n) is 2.88. The van der Waals surface area contributed by atoms with E-state index in [4.69, 9.17) is 0 Å². The van der Waals surface area contributed by atoms with Crippen molar-refractivity contribution in [3.63, 3.8) is 0 Å². The molecule has 16 heavy (non-hydrogen) atoms. The molecule has 4 nitrogen and oxygen atoms in total. The van der Waals surface area contributed by atoms with Crippen LogP contribution in [0.15, 0.2) is 25.3 Å². The Balaban J connectivity index is 2.76. The molecule has 1 rings (SSSR count). The van der Waals surface area contributed by atoms with Crippen LogP contribution in [0.3, 0.4) is 0 Å². The Labute approximate surface area is 96.2 Å². The summed E-state index contributed by atoms with van der Waals surface area (Å²) in [6, 6.07) is -0.0211. The van der Waals surface area contributed by atoms with Crippen LogP contribution in [0.5, 0.6) is 0 Å². The van der Waals surface area contributed by atoms with E-state index >= 15 is 0 Å². The van der Waals surface area contributed by atoms with E-state index in [1.165, 1.54) is 17.1 Å². The van der Waals surface area contributed by atoms with Gasteiger partial charge in [0.2, 0.25) is 0 Å². The molecule has 0 unspecified atom stereocenters. The highest BCUT2D eigenvalue weighted by atomic mass is 16.2. The lowest BCUT2D eigenvalue weighted by molar-refractivity contribution is -0.142. The molecule has 1 fully saturated rings. The minimum absolute atomic E-state index is 0.0211. The number of hydrogen-bond donors (Lipinski definition) is 0. The molecule has 0 aromatic heterocycles. The van der Waals surface area contributed by atoms with Crippen LogP contribution in [-0.2, 0) is 9.59 Å². The van der Waals surface area contributed by atoms with Gasteiger partial charge in [-0.1, -0.05) is 13.2 Å². The van der Waals surface area contributed by atoms with Crippen molar-refractivity contribution in [2.24, 2.45) is 0 Å². The number of amides is 2. The van der Waals surface area contributed by atoms with E-state index in [0.29, 0.717) is 0 Å². The van der Waals surface area contributed by atoms with Gasteiger partial charge in [-0.05, 0) is 45.1 Å². The van der Waals surface area contributed by atoms with Crippen molar-refractivity contribution in [3.05, 3.63) is 25.3 Å². The Morgan fingerprint density at radius 2 is 1.62 bits per heavy atom. The minimum Gasteiger partial charge on any atom is -0.306 e. The summed E-state index contributed by atoms with van der Waals surface area (Å²) < 4.78 is 0. The normalized spacial score (nSPS) is 17.8. The van der Waals surface area contributed by atoms with E-state index in [0.717, 1.165) is 25.9 Å². The number of imide groups is 1. The molecule has 1 aliphatic heterocycles. The number of carbonyl (C=O) groups is 2. The molecule has 0 aliphatic carbocycles. The lowest BCUT2D eigenvalue weighted by Crippen LogP contribution is -2.48. The predicted octanol–water partition coefficient (Wildman–Crippen LogP) is 0.808. The average Bonchev–Trinajstić information content (AvgIpc) is 2.31. The molecule has 0 aromatic rings. The SMILES string of the molecule is C=CC(=O)N(C(=O)C=C)C1CCN(C)CC1. The van der Waals surface area contributed by atoms with Crippen LogP contribution < -0.4 is 0 Å². The summed E-state index contributed by atoms with van der Waals surface area (Å²) in [6.07, 6.45) is 3.99. The highest BCUT2D eigenvalue weighted by molar-refractivity contribution is 6.05. The number of hydrogen-bond acceptors (Lipinski definition) is 3. The molecular formula is C12H18N2O2. The van der Waals surface area contributed by atoms with Gasteiger partial charge in [0.1, 0.15) is 0 Å². The smallest absolute Gasteiger partial charge is 0.253 e. The van der Waals surface area contributed by atoms with Crippen LogP contribution in [0.4, 0.5) is 0 Å². The lowest BCUT2D eigenvalue weighted by atomic mass is 10.0. The molecule has 0 spiro atoms. The first-order valence-corrected chi connectivity index (χ1v) is 5.40. The summed E-state index contributed by atoms with van der Waals surface area (Å²) in [4.78, 5) is 26.7. The third-order valence-corrected chi connectivity index (χ3v) is 2.88. The first kappa shape index (κ1) is 12.6. The lowest BCUT2D eigenvalue weighted by Gasteiger charge is -2.35. The number of likely N-dealkylation sites (tertiary alicyclic amines) is 1. The number of carbonyl (C=O) groups excluding carboxylic acids is 2. The molecule has 1 aliphatic rings. The van der Waals surface area contributed by atoms with Crippen molar-refractivity contribution in [3.8, 4) is 0 Å². The summed E-state index contributed by atoms with van der Waals surface area (Å²) in [5.74, 6) is -0.668. The van der Waals surface area contributed by atoms with Gasteiger partial charge >= 0.3 is 0 Å². The minimum atomic E-state index is -0.334. The van der Waals surface area contributed by atoms with E-state index in [1.54, 1.807) is 0 Å². The van der Waals surface area contributed by atoms with E-state index in [2.05, 4.69) is 18.1 Å². The average molecular weight is 222 g/mol. The third kappa shape index (κ3) is 2.79. The van der Waals surface area contributed by atoms with Crippen LogP contribution in [0, 0.1) is 0 Å². The van der Waals surface area contributed by atoms with Gasteiger partial charge in [0.25, 0.3) is 11.8 Å². The first-order chi connectivity index (χ1) is 7.60. The fourth-order valence-electron chi connectivity index (χ4n) is 1.92. The van der Waals surface area contributed by atoms with Crippen LogP contribution >= 0.6 is 0 Å². The molecule has 1 heterocycles. The molecule has 0 atom stereocenters. The summed E-state index contributed by atoms with van der Waals surface area (Å²) in [7, 11) is 2.03. The molecule has 2 amide bonds. The fraction of sp³-hybridized carbons (Fsp3) is 0.500. The predicted molar refractivity (Wildman–Crippen MR) is 62.8 cm³/mol. The Morgan fingerprint density at radius 3 is 2.00 bits per heavy atom. The van der Waals surface area contributed by atoms with Gasteiger partial charge in [0.15, 0.2) is 0 Å². The molecule has 0 bridgehead atoms. The molecule has 88 valence electrons. The van der Waals surface area contributed by atoms with Crippen LogP contribution in [0.1, 0.15) is 12.8 Å². The van der Waals surface area contributed by atoms with Crippen molar-refractivity contribution in [2.45, 2.75) is 18.9 Å². The molecule has 0 radical (unpaired) electrons. The molecular weight excluding hydrogens is 204 g/mol. The maximum atomic E-state index is 11.6. The molecule has 0 N–H and O–H groups in total. The maximum absolute atomic E-state index is 11.6. The van der Waals surface area contributed by atoms with E-state index < -0.39 is 0 Å². The zero-order valence-corrected chi connectivity index (χ0v) is 9.69. The molecule has 0 aromatic carbocycles. The quantitative estimate of drug-likeness (QED) is 0.663. The second-order valence-corrected chi connectivity index (χ2v) is 3.99. The topological polar surface area (TPSA) is 40.6 Å². The second kappa shape index (κ2) is 5.61. The van der Waals surface area contributed by atoms with Crippen molar-refractivity contribution in [2.75, 3.05) is 20.1 Å². The van der Waals surface area contributed by atoms with Gasteiger partial charge in [-0.3, -0.25) is 14.5 Å². The van der Waals surface area contributed by atoms with Gasteiger partial charge in [0, 0.05) is 6.04 Å². The summed E-state index contributed by atoms with van der Waals surface area (Å²) in [6.45, 7) is 8.64. The van der Waals surface area contributed by atoms with Gasteiger partial charge in [-0.15, -0.1) is 0 Å². The number of rotatable bonds is 3. The molecule has 1 saturated heterocycles. The van der Waals surface area contributed by atoms with Crippen molar-refractivity contribution in [1.82, 2.24) is 9.80 Å².